The molecular formula is C15H13NO5. The third kappa shape index (κ3) is 3.36. The first-order chi connectivity index (χ1) is 9.99. The normalized spacial score (nSPS) is 10.1. The molecular weight excluding hydrogens is 274 g/mol. The Morgan fingerprint density at radius 3 is 2.52 bits per heavy atom. The zero-order valence-corrected chi connectivity index (χ0v) is 11.3. The Bertz CT molecular complexity index is 682. The summed E-state index contributed by atoms with van der Waals surface area (Å²) in [6.45, 7) is 1.74. The van der Waals surface area contributed by atoms with Crippen LogP contribution in [0.2, 0.25) is 0 Å². The van der Waals surface area contributed by atoms with Crippen molar-refractivity contribution < 1.29 is 19.6 Å². The standard InChI is InChI=1S/C15H13NO5/c1-10-13(16(19)20)7-12(15(17)18)8-14(10)21-9-11-5-3-2-4-6-11/h2-8H,9H2,1H3,(H,17,18). The molecule has 0 atom stereocenters. The monoisotopic (exact) mass is 287 g/mol. The molecule has 0 heterocycles. The number of hydrogen-bond acceptors (Lipinski definition) is 4. The molecule has 0 saturated heterocycles. The van der Waals surface area contributed by atoms with Gasteiger partial charge < -0.3 is 9.84 Å². The number of aromatic carboxylic acids is 1. The number of nitro benzene ring substituents is 1. The third-order valence-electron chi connectivity index (χ3n) is 3.01. The molecule has 0 radical (unpaired) electrons. The SMILES string of the molecule is Cc1c(OCc2ccccc2)cc(C(=O)O)cc1[N+](=O)[O-]. The lowest BCUT2D eigenvalue weighted by Crippen LogP contribution is -2.04. The Labute approximate surface area is 120 Å². The molecule has 2 aromatic carbocycles. The summed E-state index contributed by atoms with van der Waals surface area (Å²) >= 11 is 0. The molecule has 0 aliphatic carbocycles. The average molecular weight is 287 g/mol. The van der Waals surface area contributed by atoms with Crippen molar-refractivity contribution in [3.63, 3.8) is 0 Å². The molecule has 6 heteroatoms. The highest BCUT2D eigenvalue weighted by Crippen LogP contribution is 2.30. The molecule has 2 aromatic rings. The number of rotatable bonds is 5. The lowest BCUT2D eigenvalue weighted by molar-refractivity contribution is -0.385. The van der Waals surface area contributed by atoms with E-state index in [2.05, 4.69) is 0 Å². The molecule has 0 amide bonds. The van der Waals surface area contributed by atoms with Crippen molar-refractivity contribution in [1.29, 1.82) is 0 Å². The molecule has 108 valence electrons. The first kappa shape index (κ1) is 14.5. The van der Waals surface area contributed by atoms with Crippen LogP contribution in [0.5, 0.6) is 5.75 Å². The van der Waals surface area contributed by atoms with Crippen molar-refractivity contribution in [3.8, 4) is 5.75 Å². The third-order valence-corrected chi connectivity index (χ3v) is 3.01. The highest BCUT2D eigenvalue weighted by molar-refractivity contribution is 5.89. The summed E-state index contributed by atoms with van der Waals surface area (Å²) in [4.78, 5) is 21.4. The van der Waals surface area contributed by atoms with E-state index in [0.717, 1.165) is 11.6 Å². The highest BCUT2D eigenvalue weighted by atomic mass is 16.6. The minimum atomic E-state index is -1.23. The molecule has 0 bridgehead atoms. The van der Waals surface area contributed by atoms with Crippen LogP contribution in [0.25, 0.3) is 0 Å². The van der Waals surface area contributed by atoms with E-state index in [4.69, 9.17) is 9.84 Å². The Hall–Kier alpha value is -2.89. The van der Waals surface area contributed by atoms with E-state index >= 15 is 0 Å². The van der Waals surface area contributed by atoms with Crippen molar-refractivity contribution in [3.05, 3.63) is 69.3 Å². The van der Waals surface area contributed by atoms with Crippen LogP contribution in [-0.2, 0) is 6.61 Å². The zero-order valence-electron chi connectivity index (χ0n) is 11.3. The van der Waals surface area contributed by atoms with E-state index in [1.165, 1.54) is 13.0 Å². The summed E-state index contributed by atoms with van der Waals surface area (Å²) in [5.74, 6) is -1.03. The van der Waals surface area contributed by atoms with Gasteiger partial charge in [-0.3, -0.25) is 10.1 Å². The zero-order chi connectivity index (χ0) is 15.4. The maximum atomic E-state index is 11.0. The predicted molar refractivity (Wildman–Crippen MR) is 75.6 cm³/mol. The largest absolute Gasteiger partial charge is 0.488 e. The molecule has 1 N–H and O–H groups in total. The average Bonchev–Trinajstić information content (AvgIpc) is 2.46. The fraction of sp³-hybridized carbons (Fsp3) is 0.133. The molecule has 0 unspecified atom stereocenters. The van der Waals surface area contributed by atoms with Crippen LogP contribution in [0.3, 0.4) is 0 Å². The van der Waals surface area contributed by atoms with Gasteiger partial charge in [0.05, 0.1) is 16.1 Å². The van der Waals surface area contributed by atoms with Crippen LogP contribution in [-0.4, -0.2) is 16.0 Å². The smallest absolute Gasteiger partial charge is 0.336 e. The Morgan fingerprint density at radius 1 is 1.29 bits per heavy atom. The molecule has 21 heavy (non-hydrogen) atoms. The van der Waals surface area contributed by atoms with Crippen molar-refractivity contribution in [1.82, 2.24) is 0 Å². The summed E-state index contributed by atoms with van der Waals surface area (Å²) < 4.78 is 5.54. The Balaban J connectivity index is 2.33. The lowest BCUT2D eigenvalue weighted by Gasteiger charge is -2.10. The van der Waals surface area contributed by atoms with Gasteiger partial charge in [0.25, 0.3) is 5.69 Å². The van der Waals surface area contributed by atoms with E-state index in [-0.39, 0.29) is 23.6 Å². The fourth-order valence-electron chi connectivity index (χ4n) is 1.87. The van der Waals surface area contributed by atoms with E-state index in [0.29, 0.717) is 5.56 Å². The van der Waals surface area contributed by atoms with Crippen molar-refractivity contribution >= 4 is 11.7 Å². The minimum absolute atomic E-state index is 0.171. The van der Waals surface area contributed by atoms with Crippen LogP contribution < -0.4 is 4.74 Å². The van der Waals surface area contributed by atoms with E-state index in [1.807, 2.05) is 30.3 Å². The number of nitro groups is 1. The van der Waals surface area contributed by atoms with E-state index in [9.17, 15) is 14.9 Å². The molecule has 0 fully saturated rings. The molecule has 6 nitrogen and oxygen atoms in total. The van der Waals surface area contributed by atoms with Crippen LogP contribution in [0, 0.1) is 17.0 Å². The molecule has 0 aliphatic heterocycles. The number of carboxylic acid groups (broad SMARTS) is 1. The van der Waals surface area contributed by atoms with Crippen LogP contribution in [0.1, 0.15) is 21.5 Å². The first-order valence-electron chi connectivity index (χ1n) is 6.18. The molecule has 0 spiro atoms. The minimum Gasteiger partial charge on any atom is -0.488 e. The van der Waals surface area contributed by atoms with Crippen LogP contribution >= 0.6 is 0 Å². The summed E-state index contributed by atoms with van der Waals surface area (Å²) in [5, 5.41) is 20.0. The van der Waals surface area contributed by atoms with Crippen LogP contribution in [0.15, 0.2) is 42.5 Å². The van der Waals surface area contributed by atoms with Gasteiger partial charge in [-0.15, -0.1) is 0 Å². The van der Waals surface area contributed by atoms with Crippen LogP contribution in [0.4, 0.5) is 5.69 Å². The first-order valence-corrected chi connectivity index (χ1v) is 6.18. The highest BCUT2D eigenvalue weighted by Gasteiger charge is 2.20. The summed E-state index contributed by atoms with van der Waals surface area (Å²) in [7, 11) is 0. The van der Waals surface area contributed by atoms with Crippen molar-refractivity contribution in [2.75, 3.05) is 0 Å². The predicted octanol–water partition coefficient (Wildman–Crippen LogP) is 3.18. The second-order valence-electron chi connectivity index (χ2n) is 4.46. The fourth-order valence-corrected chi connectivity index (χ4v) is 1.87. The summed E-state index contributed by atoms with van der Waals surface area (Å²) in [5.41, 5.74) is 0.759. The Kier molecular flexibility index (Phi) is 4.18. The van der Waals surface area contributed by atoms with E-state index in [1.54, 1.807) is 0 Å². The molecule has 2 rings (SSSR count). The van der Waals surface area contributed by atoms with Crippen molar-refractivity contribution in [2.45, 2.75) is 13.5 Å². The van der Waals surface area contributed by atoms with Gasteiger partial charge in [0.1, 0.15) is 12.4 Å². The molecule has 0 aromatic heterocycles. The number of benzene rings is 2. The number of nitrogens with zero attached hydrogens (tertiary/aromatic N) is 1. The van der Waals surface area contributed by atoms with Crippen molar-refractivity contribution in [2.24, 2.45) is 0 Å². The number of carbonyl (C=O) groups is 1. The second kappa shape index (κ2) is 6.04. The topological polar surface area (TPSA) is 89.7 Å². The van der Waals surface area contributed by atoms with Gasteiger partial charge in [0, 0.05) is 6.07 Å². The summed E-state index contributed by atoms with van der Waals surface area (Å²) in [6, 6.07) is 11.6. The number of ether oxygens (including phenoxy) is 1. The molecule has 0 saturated carbocycles. The maximum absolute atomic E-state index is 11.0. The maximum Gasteiger partial charge on any atom is 0.336 e. The van der Waals surface area contributed by atoms with Gasteiger partial charge in [-0.05, 0) is 18.6 Å². The van der Waals surface area contributed by atoms with Gasteiger partial charge >= 0.3 is 5.97 Å². The number of carboxylic acids is 1. The van der Waals surface area contributed by atoms with Gasteiger partial charge in [-0.1, -0.05) is 30.3 Å². The quantitative estimate of drug-likeness (QED) is 0.673. The Morgan fingerprint density at radius 2 is 1.95 bits per heavy atom. The van der Waals surface area contributed by atoms with Gasteiger partial charge in [-0.2, -0.15) is 0 Å². The van der Waals surface area contributed by atoms with Gasteiger partial charge in [0.15, 0.2) is 0 Å². The number of hydrogen-bond donors (Lipinski definition) is 1. The van der Waals surface area contributed by atoms with Gasteiger partial charge in [0.2, 0.25) is 0 Å². The molecule has 0 aliphatic rings. The van der Waals surface area contributed by atoms with E-state index < -0.39 is 10.9 Å². The lowest BCUT2D eigenvalue weighted by atomic mass is 10.1. The van der Waals surface area contributed by atoms with Gasteiger partial charge in [-0.25, -0.2) is 4.79 Å². The second-order valence-corrected chi connectivity index (χ2v) is 4.46. The summed E-state index contributed by atoms with van der Waals surface area (Å²) in [6.07, 6.45) is 0.